The number of carbonyl (C=O) groups excluding carboxylic acids is 2. The molecule has 1 aromatic carbocycles. The standard InChI is InChI=1S/C14H14BrNO5/c1-14(2)20-12(17)9(13(18)21-14)7-16-11-6-8(19-3)4-5-10(11)15/h4-7,9H,1-3H3. The molecule has 2 rings (SSSR count). The first-order valence-electron chi connectivity index (χ1n) is 6.16. The van der Waals surface area contributed by atoms with Gasteiger partial charge < -0.3 is 14.2 Å². The summed E-state index contributed by atoms with van der Waals surface area (Å²) < 4.78 is 15.8. The number of aliphatic imine (C=N–C) groups is 1. The number of cyclic esters (lactones) is 2. The van der Waals surface area contributed by atoms with Crippen molar-refractivity contribution in [2.24, 2.45) is 10.9 Å². The average molecular weight is 356 g/mol. The van der Waals surface area contributed by atoms with Gasteiger partial charge in [0.25, 0.3) is 5.79 Å². The third-order valence-corrected chi connectivity index (χ3v) is 3.39. The minimum Gasteiger partial charge on any atom is -0.497 e. The molecule has 0 N–H and O–H groups in total. The Balaban J connectivity index is 2.21. The molecule has 21 heavy (non-hydrogen) atoms. The molecule has 0 unspecified atom stereocenters. The van der Waals surface area contributed by atoms with E-state index < -0.39 is 23.6 Å². The van der Waals surface area contributed by atoms with Gasteiger partial charge in [0.05, 0.1) is 12.8 Å². The molecule has 6 nitrogen and oxygen atoms in total. The number of hydrogen-bond acceptors (Lipinski definition) is 6. The van der Waals surface area contributed by atoms with Gasteiger partial charge in [-0.1, -0.05) is 0 Å². The molecule has 1 saturated heterocycles. The Bertz CT molecular complexity index is 591. The molecule has 1 heterocycles. The summed E-state index contributed by atoms with van der Waals surface area (Å²) in [4.78, 5) is 27.7. The molecule has 0 radical (unpaired) electrons. The lowest BCUT2D eigenvalue weighted by molar-refractivity contribution is -0.235. The molecule has 0 atom stereocenters. The molecule has 0 aliphatic carbocycles. The van der Waals surface area contributed by atoms with Gasteiger partial charge in [0.1, 0.15) is 5.75 Å². The highest BCUT2D eigenvalue weighted by molar-refractivity contribution is 9.10. The highest BCUT2D eigenvalue weighted by Gasteiger charge is 2.42. The molecule has 0 spiro atoms. The summed E-state index contributed by atoms with van der Waals surface area (Å²) in [6.07, 6.45) is 1.21. The van der Waals surface area contributed by atoms with Crippen molar-refractivity contribution in [1.29, 1.82) is 0 Å². The Morgan fingerprint density at radius 3 is 2.48 bits per heavy atom. The summed E-state index contributed by atoms with van der Waals surface area (Å²) in [5.41, 5.74) is 0.528. The summed E-state index contributed by atoms with van der Waals surface area (Å²) in [5.74, 6) is -3.16. The number of hydrogen-bond donors (Lipinski definition) is 0. The van der Waals surface area contributed by atoms with Gasteiger partial charge in [-0.3, -0.25) is 14.6 Å². The monoisotopic (exact) mass is 355 g/mol. The van der Waals surface area contributed by atoms with Gasteiger partial charge in [-0.25, -0.2) is 0 Å². The van der Waals surface area contributed by atoms with Crippen molar-refractivity contribution in [1.82, 2.24) is 0 Å². The second kappa shape index (κ2) is 5.85. The molecule has 1 aliphatic rings. The fourth-order valence-corrected chi connectivity index (χ4v) is 2.07. The lowest BCUT2D eigenvalue weighted by atomic mass is 10.1. The molecule has 0 amide bonds. The molecule has 0 saturated carbocycles. The molecule has 1 fully saturated rings. The molecule has 7 heteroatoms. The van der Waals surface area contributed by atoms with E-state index in [1.165, 1.54) is 27.2 Å². The summed E-state index contributed by atoms with van der Waals surface area (Å²) >= 11 is 3.33. The number of methoxy groups -OCH3 is 1. The van der Waals surface area contributed by atoms with E-state index in [1.54, 1.807) is 18.2 Å². The van der Waals surface area contributed by atoms with E-state index in [9.17, 15) is 9.59 Å². The largest absolute Gasteiger partial charge is 0.497 e. The first-order chi connectivity index (χ1) is 9.82. The summed E-state index contributed by atoms with van der Waals surface area (Å²) in [6, 6.07) is 5.19. The molecule has 1 aromatic rings. The summed E-state index contributed by atoms with van der Waals surface area (Å²) in [5, 5.41) is 0. The quantitative estimate of drug-likeness (QED) is 0.473. The van der Waals surface area contributed by atoms with Crippen molar-refractivity contribution in [2.75, 3.05) is 7.11 Å². The highest BCUT2D eigenvalue weighted by Crippen LogP contribution is 2.30. The Hall–Kier alpha value is -1.89. The molecule has 0 bridgehead atoms. The summed E-state index contributed by atoms with van der Waals surface area (Å²) in [6.45, 7) is 2.99. The van der Waals surface area contributed by atoms with Gasteiger partial charge in [0.15, 0.2) is 5.92 Å². The van der Waals surface area contributed by atoms with Crippen molar-refractivity contribution >= 4 is 39.8 Å². The van der Waals surface area contributed by atoms with Crippen molar-refractivity contribution in [2.45, 2.75) is 19.6 Å². The predicted molar refractivity (Wildman–Crippen MR) is 78.6 cm³/mol. The van der Waals surface area contributed by atoms with Crippen LogP contribution in [0.2, 0.25) is 0 Å². The van der Waals surface area contributed by atoms with E-state index in [2.05, 4.69) is 20.9 Å². The molecule has 1 aliphatic heterocycles. The number of benzene rings is 1. The second-order valence-corrected chi connectivity index (χ2v) is 5.67. The molecular formula is C14H14BrNO5. The molecule has 0 aromatic heterocycles. The van der Waals surface area contributed by atoms with E-state index in [0.29, 0.717) is 15.9 Å². The third kappa shape index (κ3) is 3.60. The van der Waals surface area contributed by atoms with Crippen LogP contribution >= 0.6 is 15.9 Å². The van der Waals surface area contributed by atoms with E-state index in [4.69, 9.17) is 14.2 Å². The topological polar surface area (TPSA) is 74.2 Å². The van der Waals surface area contributed by atoms with Gasteiger partial charge in [0.2, 0.25) is 0 Å². The number of halogens is 1. The zero-order valence-electron chi connectivity index (χ0n) is 11.8. The zero-order valence-corrected chi connectivity index (χ0v) is 13.3. The van der Waals surface area contributed by atoms with Crippen molar-refractivity contribution in [3.63, 3.8) is 0 Å². The summed E-state index contributed by atoms with van der Waals surface area (Å²) in [7, 11) is 1.54. The van der Waals surface area contributed by atoms with Crippen LogP contribution in [0.15, 0.2) is 27.7 Å². The SMILES string of the molecule is COc1ccc(Br)c(N=CC2C(=O)OC(C)(C)OC2=O)c1. The van der Waals surface area contributed by atoms with Crippen LogP contribution in [-0.2, 0) is 19.1 Å². The Morgan fingerprint density at radius 1 is 1.29 bits per heavy atom. The minimum atomic E-state index is -1.24. The number of rotatable bonds is 3. The van der Waals surface area contributed by atoms with Crippen molar-refractivity contribution in [3.05, 3.63) is 22.7 Å². The first-order valence-corrected chi connectivity index (χ1v) is 6.95. The lowest BCUT2D eigenvalue weighted by Crippen LogP contribution is -2.46. The smallest absolute Gasteiger partial charge is 0.329 e. The normalized spacial score (nSPS) is 18.5. The van der Waals surface area contributed by atoms with Crippen LogP contribution in [0.4, 0.5) is 5.69 Å². The van der Waals surface area contributed by atoms with Gasteiger partial charge >= 0.3 is 11.9 Å². The van der Waals surface area contributed by atoms with Crippen LogP contribution in [-0.4, -0.2) is 31.1 Å². The second-order valence-electron chi connectivity index (χ2n) is 4.82. The Morgan fingerprint density at radius 2 is 1.90 bits per heavy atom. The van der Waals surface area contributed by atoms with Gasteiger partial charge in [-0.05, 0) is 28.1 Å². The number of esters is 2. The first kappa shape index (κ1) is 15.5. The Kier molecular flexibility index (Phi) is 4.32. The van der Waals surface area contributed by atoms with Gasteiger partial charge in [-0.2, -0.15) is 0 Å². The third-order valence-electron chi connectivity index (χ3n) is 2.72. The molecular weight excluding hydrogens is 342 g/mol. The zero-order chi connectivity index (χ0) is 15.6. The van der Waals surface area contributed by atoms with Gasteiger partial charge in [0, 0.05) is 30.6 Å². The predicted octanol–water partition coefficient (Wildman–Crippen LogP) is 2.61. The number of ether oxygens (including phenoxy) is 3. The van der Waals surface area contributed by atoms with E-state index in [0.717, 1.165) is 0 Å². The van der Waals surface area contributed by atoms with Crippen molar-refractivity contribution in [3.8, 4) is 5.75 Å². The minimum absolute atomic E-state index is 0.528. The van der Waals surface area contributed by atoms with Gasteiger partial charge in [-0.15, -0.1) is 0 Å². The van der Waals surface area contributed by atoms with Crippen LogP contribution in [0.1, 0.15) is 13.8 Å². The number of nitrogens with zero attached hydrogens (tertiary/aromatic N) is 1. The average Bonchev–Trinajstić information content (AvgIpc) is 2.38. The Labute approximate surface area is 130 Å². The maximum atomic E-state index is 11.8. The van der Waals surface area contributed by atoms with E-state index in [-0.39, 0.29) is 0 Å². The van der Waals surface area contributed by atoms with Crippen LogP contribution < -0.4 is 4.74 Å². The van der Waals surface area contributed by atoms with Crippen LogP contribution in [0, 0.1) is 5.92 Å². The van der Waals surface area contributed by atoms with E-state index >= 15 is 0 Å². The fourth-order valence-electron chi connectivity index (χ4n) is 1.72. The maximum absolute atomic E-state index is 11.8. The highest BCUT2D eigenvalue weighted by atomic mass is 79.9. The molecule has 112 valence electrons. The lowest BCUT2D eigenvalue weighted by Gasteiger charge is -2.31. The van der Waals surface area contributed by atoms with Crippen molar-refractivity contribution < 1.29 is 23.8 Å². The van der Waals surface area contributed by atoms with E-state index in [1.807, 2.05) is 0 Å². The maximum Gasteiger partial charge on any atom is 0.329 e. The van der Waals surface area contributed by atoms with Crippen LogP contribution in [0.3, 0.4) is 0 Å². The van der Waals surface area contributed by atoms with Crippen LogP contribution in [0.5, 0.6) is 5.75 Å². The fraction of sp³-hybridized carbons (Fsp3) is 0.357. The van der Waals surface area contributed by atoms with Crippen LogP contribution in [0.25, 0.3) is 0 Å². The number of carbonyl (C=O) groups is 2.